The van der Waals surface area contributed by atoms with Gasteiger partial charge in [-0.05, 0) is 56.9 Å². The number of carbonyl (C=O) groups excluding carboxylic acids is 1. The highest BCUT2D eigenvalue weighted by Crippen LogP contribution is 2.36. The van der Waals surface area contributed by atoms with Crippen LogP contribution >= 0.6 is 11.8 Å². The maximum Gasteiger partial charge on any atom is 0.308 e. The van der Waals surface area contributed by atoms with Gasteiger partial charge in [0.15, 0.2) is 0 Å². The van der Waals surface area contributed by atoms with Crippen LogP contribution in [0.25, 0.3) is 0 Å². The van der Waals surface area contributed by atoms with Gasteiger partial charge in [-0.25, -0.2) is 4.39 Å². The van der Waals surface area contributed by atoms with Gasteiger partial charge in [-0.3, -0.25) is 4.79 Å². The Morgan fingerprint density at radius 2 is 2.00 bits per heavy atom. The molecule has 0 unspecified atom stereocenters. The third kappa shape index (κ3) is 4.71. The lowest BCUT2D eigenvalue weighted by Crippen LogP contribution is -2.38. The van der Waals surface area contributed by atoms with Gasteiger partial charge in [-0.15, -0.1) is 11.8 Å². The Kier molecular flexibility index (Phi) is 5.65. The van der Waals surface area contributed by atoms with E-state index in [1.807, 2.05) is 0 Å². The van der Waals surface area contributed by atoms with Crippen LogP contribution in [0.2, 0.25) is 0 Å². The SMILES string of the molecule is CCOC(=O)C1CCC(O)(CSc2ccc(F)cc2)CC1. The van der Waals surface area contributed by atoms with Crippen molar-refractivity contribution < 1.29 is 19.0 Å². The monoisotopic (exact) mass is 312 g/mol. The highest BCUT2D eigenvalue weighted by molar-refractivity contribution is 7.99. The third-order valence-electron chi connectivity index (χ3n) is 3.86. The van der Waals surface area contributed by atoms with Crippen molar-refractivity contribution in [3.63, 3.8) is 0 Å². The number of ether oxygens (including phenoxy) is 1. The van der Waals surface area contributed by atoms with Crippen LogP contribution in [0.5, 0.6) is 0 Å². The highest BCUT2D eigenvalue weighted by Gasteiger charge is 2.36. The minimum absolute atomic E-state index is 0.0824. The summed E-state index contributed by atoms with van der Waals surface area (Å²) in [7, 11) is 0. The van der Waals surface area contributed by atoms with E-state index in [9.17, 15) is 14.3 Å². The van der Waals surface area contributed by atoms with Gasteiger partial charge in [-0.1, -0.05) is 0 Å². The van der Waals surface area contributed by atoms with Crippen LogP contribution < -0.4 is 0 Å². The first-order chi connectivity index (χ1) is 10.0. The lowest BCUT2D eigenvalue weighted by Gasteiger charge is -2.34. The summed E-state index contributed by atoms with van der Waals surface area (Å²) in [5.74, 6) is 0.0774. The van der Waals surface area contributed by atoms with Crippen LogP contribution in [0.4, 0.5) is 4.39 Å². The van der Waals surface area contributed by atoms with Crippen LogP contribution in [-0.4, -0.2) is 29.0 Å². The van der Waals surface area contributed by atoms with E-state index in [2.05, 4.69) is 0 Å². The number of thioether (sulfide) groups is 1. The summed E-state index contributed by atoms with van der Waals surface area (Å²) in [4.78, 5) is 12.6. The molecule has 116 valence electrons. The molecule has 0 spiro atoms. The van der Waals surface area contributed by atoms with E-state index >= 15 is 0 Å². The molecule has 0 aromatic heterocycles. The summed E-state index contributed by atoms with van der Waals surface area (Å²) in [5, 5.41) is 10.6. The van der Waals surface area contributed by atoms with Crippen LogP contribution in [-0.2, 0) is 9.53 Å². The Balaban J connectivity index is 1.82. The molecule has 0 saturated heterocycles. The number of rotatable bonds is 5. The number of carbonyl (C=O) groups is 1. The molecule has 0 heterocycles. The summed E-state index contributed by atoms with van der Waals surface area (Å²) < 4.78 is 17.9. The molecule has 1 aromatic rings. The van der Waals surface area contributed by atoms with Gasteiger partial charge < -0.3 is 9.84 Å². The van der Waals surface area contributed by atoms with Gasteiger partial charge in [0.25, 0.3) is 0 Å². The van der Waals surface area contributed by atoms with Crippen molar-refractivity contribution in [1.29, 1.82) is 0 Å². The standard InChI is InChI=1S/C16H21FO3S/c1-2-20-15(18)12-7-9-16(19,10-8-12)11-21-14-5-3-13(17)4-6-14/h3-6,12,19H,2,7-11H2,1H3. The zero-order valence-electron chi connectivity index (χ0n) is 12.2. The number of hydrogen-bond donors (Lipinski definition) is 1. The van der Waals surface area contributed by atoms with Crippen molar-refractivity contribution in [2.75, 3.05) is 12.4 Å². The Labute approximate surface area is 128 Å². The molecule has 1 aliphatic rings. The van der Waals surface area contributed by atoms with Crippen molar-refractivity contribution in [3.8, 4) is 0 Å². The second-order valence-electron chi connectivity index (χ2n) is 5.49. The Morgan fingerprint density at radius 3 is 2.57 bits per heavy atom. The number of aliphatic hydroxyl groups is 1. The molecule has 21 heavy (non-hydrogen) atoms. The minimum Gasteiger partial charge on any atom is -0.466 e. The zero-order chi connectivity index (χ0) is 15.3. The number of hydrogen-bond acceptors (Lipinski definition) is 4. The second-order valence-corrected chi connectivity index (χ2v) is 6.54. The maximum atomic E-state index is 12.8. The van der Waals surface area contributed by atoms with Crippen LogP contribution in [0.3, 0.4) is 0 Å². The van der Waals surface area contributed by atoms with Gasteiger partial charge in [0.2, 0.25) is 0 Å². The molecule has 0 atom stereocenters. The van der Waals surface area contributed by atoms with Gasteiger partial charge in [-0.2, -0.15) is 0 Å². The molecule has 0 aliphatic heterocycles. The summed E-state index contributed by atoms with van der Waals surface area (Å²) in [6.45, 7) is 2.20. The van der Waals surface area contributed by atoms with E-state index < -0.39 is 5.60 Å². The number of benzene rings is 1. The second kappa shape index (κ2) is 7.27. The van der Waals surface area contributed by atoms with E-state index in [1.165, 1.54) is 23.9 Å². The number of esters is 1. The van der Waals surface area contributed by atoms with Crippen molar-refractivity contribution in [1.82, 2.24) is 0 Å². The zero-order valence-corrected chi connectivity index (χ0v) is 13.0. The Hall–Kier alpha value is -1.07. The third-order valence-corrected chi connectivity index (χ3v) is 5.14. The van der Waals surface area contributed by atoms with Gasteiger partial charge >= 0.3 is 5.97 Å². The molecule has 2 rings (SSSR count). The smallest absolute Gasteiger partial charge is 0.308 e. The summed E-state index contributed by atoms with van der Waals surface area (Å²) >= 11 is 1.52. The fourth-order valence-electron chi connectivity index (χ4n) is 2.54. The van der Waals surface area contributed by atoms with Crippen molar-refractivity contribution >= 4 is 17.7 Å². The molecular formula is C16H21FO3S. The Morgan fingerprint density at radius 1 is 1.38 bits per heavy atom. The van der Waals surface area contributed by atoms with Crippen LogP contribution in [0.15, 0.2) is 29.2 Å². The molecule has 3 nitrogen and oxygen atoms in total. The molecule has 0 amide bonds. The van der Waals surface area contributed by atoms with E-state index in [4.69, 9.17) is 4.74 Å². The van der Waals surface area contributed by atoms with Crippen LogP contribution in [0, 0.1) is 11.7 Å². The lowest BCUT2D eigenvalue weighted by atomic mass is 9.80. The fourth-order valence-corrected chi connectivity index (χ4v) is 3.60. The highest BCUT2D eigenvalue weighted by atomic mass is 32.2. The van der Waals surface area contributed by atoms with Gasteiger partial charge in [0, 0.05) is 10.6 Å². The first-order valence-corrected chi connectivity index (χ1v) is 8.28. The Bertz CT molecular complexity index is 467. The fraction of sp³-hybridized carbons (Fsp3) is 0.562. The van der Waals surface area contributed by atoms with Crippen LogP contribution in [0.1, 0.15) is 32.6 Å². The first kappa shape index (κ1) is 16.3. The molecule has 1 saturated carbocycles. The molecule has 5 heteroatoms. The quantitative estimate of drug-likeness (QED) is 0.668. The first-order valence-electron chi connectivity index (χ1n) is 7.30. The summed E-state index contributed by atoms with van der Waals surface area (Å²) in [5.41, 5.74) is -0.748. The lowest BCUT2D eigenvalue weighted by molar-refractivity contribution is -0.150. The average molecular weight is 312 g/mol. The molecular weight excluding hydrogens is 291 g/mol. The molecule has 0 radical (unpaired) electrons. The minimum atomic E-state index is -0.748. The van der Waals surface area contributed by atoms with E-state index in [0.717, 1.165) is 4.90 Å². The molecule has 1 aromatic carbocycles. The maximum absolute atomic E-state index is 12.8. The van der Waals surface area contributed by atoms with E-state index in [0.29, 0.717) is 38.0 Å². The summed E-state index contributed by atoms with van der Waals surface area (Å²) in [6, 6.07) is 6.27. The predicted molar refractivity (Wildman–Crippen MR) is 80.7 cm³/mol. The van der Waals surface area contributed by atoms with Crippen molar-refractivity contribution in [2.45, 2.75) is 43.1 Å². The topological polar surface area (TPSA) is 46.5 Å². The number of halogens is 1. The van der Waals surface area contributed by atoms with Crippen molar-refractivity contribution in [2.24, 2.45) is 5.92 Å². The van der Waals surface area contributed by atoms with Crippen molar-refractivity contribution in [3.05, 3.63) is 30.1 Å². The molecule has 1 fully saturated rings. The van der Waals surface area contributed by atoms with Gasteiger partial charge in [0.05, 0.1) is 18.1 Å². The average Bonchev–Trinajstić information content (AvgIpc) is 2.48. The normalized spacial score (nSPS) is 25.6. The van der Waals surface area contributed by atoms with E-state index in [1.54, 1.807) is 19.1 Å². The molecule has 1 aliphatic carbocycles. The molecule has 1 N–H and O–H groups in total. The van der Waals surface area contributed by atoms with E-state index in [-0.39, 0.29) is 17.7 Å². The predicted octanol–water partition coefficient (Wildman–Crippen LogP) is 3.40. The van der Waals surface area contributed by atoms with Gasteiger partial charge in [0.1, 0.15) is 5.82 Å². The molecule has 0 bridgehead atoms. The summed E-state index contributed by atoms with van der Waals surface area (Å²) in [6.07, 6.45) is 2.54. The largest absolute Gasteiger partial charge is 0.466 e.